The van der Waals surface area contributed by atoms with Crippen molar-refractivity contribution in [2.45, 2.75) is 52.6 Å². The lowest BCUT2D eigenvalue weighted by atomic mass is 9.98. The van der Waals surface area contributed by atoms with Gasteiger partial charge in [-0.2, -0.15) is 0 Å². The average molecular weight is 341 g/mol. The molecule has 0 saturated carbocycles. The van der Waals surface area contributed by atoms with Crippen LogP contribution in [0.3, 0.4) is 0 Å². The van der Waals surface area contributed by atoms with Gasteiger partial charge in [0.05, 0.1) is 13.2 Å². The lowest BCUT2D eigenvalue weighted by molar-refractivity contribution is 0.207. The number of anilines is 1. The lowest BCUT2D eigenvalue weighted by Gasteiger charge is -2.22. The molecule has 0 fully saturated rings. The fourth-order valence-electron chi connectivity index (χ4n) is 2.76. The molecule has 136 valence electrons. The van der Waals surface area contributed by atoms with Gasteiger partial charge in [-0.15, -0.1) is 0 Å². The minimum absolute atomic E-state index is 0.126. The molecule has 3 heteroatoms. The van der Waals surface area contributed by atoms with Crippen LogP contribution in [0, 0.1) is 0 Å². The van der Waals surface area contributed by atoms with Gasteiger partial charge in [0.1, 0.15) is 17.6 Å². The summed E-state index contributed by atoms with van der Waals surface area (Å²) in [5.74, 6) is 2.40. The van der Waals surface area contributed by atoms with Crippen molar-refractivity contribution >= 4 is 5.69 Å². The molecule has 0 aliphatic heterocycles. The topological polar surface area (TPSA) is 30.5 Å². The van der Waals surface area contributed by atoms with Gasteiger partial charge < -0.3 is 14.8 Å². The molecule has 0 heterocycles. The summed E-state index contributed by atoms with van der Waals surface area (Å²) < 4.78 is 11.9. The molecule has 25 heavy (non-hydrogen) atoms. The van der Waals surface area contributed by atoms with Crippen molar-refractivity contribution in [3.8, 4) is 11.5 Å². The van der Waals surface area contributed by atoms with E-state index in [1.54, 1.807) is 0 Å². The first-order chi connectivity index (χ1) is 12.2. The highest BCUT2D eigenvalue weighted by atomic mass is 16.5. The van der Waals surface area contributed by atoms with Crippen molar-refractivity contribution in [1.82, 2.24) is 0 Å². The van der Waals surface area contributed by atoms with Crippen LogP contribution in [0.4, 0.5) is 5.69 Å². The molecule has 0 bridgehead atoms. The van der Waals surface area contributed by atoms with Crippen LogP contribution in [0.15, 0.2) is 48.5 Å². The van der Waals surface area contributed by atoms with Crippen LogP contribution in [0.1, 0.15) is 52.0 Å². The van der Waals surface area contributed by atoms with Crippen LogP contribution < -0.4 is 14.8 Å². The Labute approximate surface area is 152 Å². The first-order valence-corrected chi connectivity index (χ1v) is 9.40. The molecule has 0 spiro atoms. The first-order valence-electron chi connectivity index (χ1n) is 9.40. The van der Waals surface area contributed by atoms with E-state index in [0.717, 1.165) is 36.6 Å². The zero-order valence-corrected chi connectivity index (χ0v) is 15.9. The van der Waals surface area contributed by atoms with E-state index in [2.05, 4.69) is 50.4 Å². The summed E-state index contributed by atoms with van der Waals surface area (Å²) in [7, 11) is 0. The van der Waals surface area contributed by atoms with Crippen LogP contribution in [-0.4, -0.2) is 19.3 Å². The molecular formula is C22H31NO2. The highest BCUT2D eigenvalue weighted by molar-refractivity contribution is 5.48. The van der Waals surface area contributed by atoms with Crippen molar-refractivity contribution in [2.75, 3.05) is 18.5 Å². The predicted molar refractivity (Wildman–Crippen MR) is 106 cm³/mol. The minimum atomic E-state index is 0.126. The van der Waals surface area contributed by atoms with Crippen molar-refractivity contribution in [2.24, 2.45) is 0 Å². The molecule has 0 aliphatic carbocycles. The third-order valence-corrected chi connectivity index (χ3v) is 4.49. The van der Waals surface area contributed by atoms with Gasteiger partial charge in [0.15, 0.2) is 0 Å². The Kier molecular flexibility index (Phi) is 7.65. The minimum Gasteiger partial charge on any atom is -0.494 e. The maximum atomic E-state index is 6.32. The van der Waals surface area contributed by atoms with Gasteiger partial charge in [-0.25, -0.2) is 0 Å². The summed E-state index contributed by atoms with van der Waals surface area (Å²) in [5, 5.41) is 3.47. The fourth-order valence-corrected chi connectivity index (χ4v) is 2.76. The molecular weight excluding hydrogens is 310 g/mol. The Morgan fingerprint density at radius 3 is 2.48 bits per heavy atom. The molecule has 0 amide bonds. The number of hydrogen-bond donors (Lipinski definition) is 1. The van der Waals surface area contributed by atoms with Crippen LogP contribution in [-0.2, 0) is 0 Å². The third kappa shape index (κ3) is 5.70. The second kappa shape index (κ2) is 9.97. The molecule has 2 aromatic rings. The summed E-state index contributed by atoms with van der Waals surface area (Å²) in [4.78, 5) is 0. The summed E-state index contributed by atoms with van der Waals surface area (Å²) in [6.07, 6.45) is 2.19. The van der Waals surface area contributed by atoms with Crippen LogP contribution in [0.5, 0.6) is 11.5 Å². The summed E-state index contributed by atoms with van der Waals surface area (Å²) in [5.41, 5.74) is 2.35. The highest BCUT2D eigenvalue weighted by Crippen LogP contribution is 2.29. The molecule has 0 aliphatic rings. The molecule has 2 atom stereocenters. The van der Waals surface area contributed by atoms with E-state index in [4.69, 9.17) is 9.47 Å². The molecule has 1 N–H and O–H groups in total. The predicted octanol–water partition coefficient (Wildman–Crippen LogP) is 5.87. The maximum Gasteiger partial charge on any atom is 0.123 e. The van der Waals surface area contributed by atoms with Gasteiger partial charge in [0, 0.05) is 11.8 Å². The standard InChI is InChI=1S/C22H31NO2/c1-5-17(4)21-13-8-9-14-22(21)25-19(6-2)16-23-18-11-10-12-20(15-18)24-7-3/h8-15,17,19,23H,5-7,16H2,1-4H3. The summed E-state index contributed by atoms with van der Waals surface area (Å²) in [6, 6.07) is 16.5. The first kappa shape index (κ1) is 19.2. The fraction of sp³-hybridized carbons (Fsp3) is 0.455. The number of benzene rings is 2. The Hall–Kier alpha value is -2.16. The Morgan fingerprint density at radius 2 is 1.76 bits per heavy atom. The number of hydrogen-bond acceptors (Lipinski definition) is 3. The normalized spacial score (nSPS) is 13.1. The smallest absolute Gasteiger partial charge is 0.123 e. The SMILES string of the molecule is CCOc1cccc(NCC(CC)Oc2ccccc2C(C)CC)c1. The number of rotatable bonds is 10. The largest absolute Gasteiger partial charge is 0.494 e. The second-order valence-electron chi connectivity index (χ2n) is 6.34. The highest BCUT2D eigenvalue weighted by Gasteiger charge is 2.14. The summed E-state index contributed by atoms with van der Waals surface area (Å²) >= 11 is 0. The van der Waals surface area contributed by atoms with E-state index in [9.17, 15) is 0 Å². The second-order valence-corrected chi connectivity index (χ2v) is 6.34. The molecule has 2 aromatic carbocycles. The van der Waals surface area contributed by atoms with E-state index in [-0.39, 0.29) is 6.10 Å². The van der Waals surface area contributed by atoms with E-state index in [0.29, 0.717) is 12.5 Å². The number of para-hydroxylation sites is 1. The summed E-state index contributed by atoms with van der Waals surface area (Å²) in [6.45, 7) is 10.1. The molecule has 0 aromatic heterocycles. The zero-order valence-electron chi connectivity index (χ0n) is 15.9. The molecule has 2 rings (SSSR count). The Morgan fingerprint density at radius 1 is 0.960 bits per heavy atom. The Bertz CT molecular complexity index is 641. The molecule has 2 unspecified atom stereocenters. The molecule has 3 nitrogen and oxygen atoms in total. The van der Waals surface area contributed by atoms with Gasteiger partial charge in [-0.1, -0.05) is 45.0 Å². The van der Waals surface area contributed by atoms with Crippen molar-refractivity contribution in [3.05, 3.63) is 54.1 Å². The number of nitrogens with one attached hydrogen (secondary N) is 1. The monoisotopic (exact) mass is 341 g/mol. The van der Waals surface area contributed by atoms with Gasteiger partial charge in [-0.05, 0) is 49.4 Å². The van der Waals surface area contributed by atoms with Gasteiger partial charge in [0.2, 0.25) is 0 Å². The van der Waals surface area contributed by atoms with E-state index in [1.165, 1.54) is 5.56 Å². The van der Waals surface area contributed by atoms with Crippen molar-refractivity contribution in [3.63, 3.8) is 0 Å². The van der Waals surface area contributed by atoms with Crippen molar-refractivity contribution in [1.29, 1.82) is 0 Å². The van der Waals surface area contributed by atoms with Gasteiger partial charge in [-0.3, -0.25) is 0 Å². The van der Waals surface area contributed by atoms with E-state index < -0.39 is 0 Å². The van der Waals surface area contributed by atoms with E-state index in [1.807, 2.05) is 31.2 Å². The number of ether oxygens (including phenoxy) is 2. The third-order valence-electron chi connectivity index (χ3n) is 4.49. The van der Waals surface area contributed by atoms with Crippen LogP contribution in [0.2, 0.25) is 0 Å². The van der Waals surface area contributed by atoms with Crippen molar-refractivity contribution < 1.29 is 9.47 Å². The van der Waals surface area contributed by atoms with Crippen LogP contribution >= 0.6 is 0 Å². The van der Waals surface area contributed by atoms with E-state index >= 15 is 0 Å². The molecule has 0 radical (unpaired) electrons. The molecule has 0 saturated heterocycles. The quantitative estimate of drug-likeness (QED) is 0.586. The average Bonchev–Trinajstić information content (AvgIpc) is 2.65. The van der Waals surface area contributed by atoms with Gasteiger partial charge >= 0.3 is 0 Å². The lowest BCUT2D eigenvalue weighted by Crippen LogP contribution is -2.26. The Balaban J connectivity index is 2.00. The van der Waals surface area contributed by atoms with Gasteiger partial charge in [0.25, 0.3) is 0 Å². The van der Waals surface area contributed by atoms with Crippen LogP contribution in [0.25, 0.3) is 0 Å². The maximum absolute atomic E-state index is 6.32. The zero-order chi connectivity index (χ0) is 18.1.